The summed E-state index contributed by atoms with van der Waals surface area (Å²) in [6.07, 6.45) is 1.23. The summed E-state index contributed by atoms with van der Waals surface area (Å²) < 4.78 is 20.7. The number of hydrogen-bond donors (Lipinski definition) is 2. The number of fused-ring (bicyclic) bond motifs is 1. The van der Waals surface area contributed by atoms with E-state index in [2.05, 4.69) is 25.4 Å². The van der Waals surface area contributed by atoms with Crippen LogP contribution in [0.2, 0.25) is 0 Å². The van der Waals surface area contributed by atoms with Gasteiger partial charge in [0.2, 0.25) is 0 Å². The van der Waals surface area contributed by atoms with Gasteiger partial charge >= 0.3 is 0 Å². The van der Waals surface area contributed by atoms with Crippen LogP contribution in [0, 0.1) is 5.82 Å². The lowest BCUT2D eigenvalue weighted by molar-refractivity contribution is 0.152. The molecule has 2 N–H and O–H groups in total. The minimum absolute atomic E-state index is 0.0270. The van der Waals surface area contributed by atoms with Crippen LogP contribution in [-0.4, -0.2) is 55.0 Å². The molecule has 0 aliphatic heterocycles. The second-order valence-corrected chi connectivity index (χ2v) is 8.60. The monoisotopic (exact) mass is 494 g/mol. The zero-order chi connectivity index (χ0) is 25.5. The predicted octanol–water partition coefficient (Wildman–Crippen LogP) is 3.44. The Bertz CT molecular complexity index is 1340. The van der Waals surface area contributed by atoms with Crippen molar-refractivity contribution in [2.45, 2.75) is 45.8 Å². The Morgan fingerprint density at radius 3 is 2.69 bits per heavy atom. The fourth-order valence-corrected chi connectivity index (χ4v) is 4.37. The number of aromatic nitrogens is 5. The average Bonchev–Trinajstić information content (AvgIpc) is 3.32. The van der Waals surface area contributed by atoms with Crippen LogP contribution >= 0.6 is 0 Å². The van der Waals surface area contributed by atoms with Gasteiger partial charge in [0, 0.05) is 36.2 Å². The van der Waals surface area contributed by atoms with Crippen LogP contribution < -0.4 is 10.3 Å². The van der Waals surface area contributed by atoms with Gasteiger partial charge in [0.05, 0.1) is 19.2 Å². The number of nitrogens with zero attached hydrogens (tertiary/aromatic N) is 5. The van der Waals surface area contributed by atoms with Gasteiger partial charge in [-0.3, -0.25) is 9.69 Å². The first-order valence-electron chi connectivity index (χ1n) is 12.2. The van der Waals surface area contributed by atoms with Gasteiger partial charge in [-0.15, -0.1) is 5.10 Å². The van der Waals surface area contributed by atoms with Crippen molar-refractivity contribution in [3.05, 3.63) is 81.7 Å². The minimum atomic E-state index is -0.300. The molecule has 4 rings (SSSR count). The quantitative estimate of drug-likeness (QED) is 0.311. The molecular weight excluding hydrogens is 463 g/mol. The summed E-state index contributed by atoms with van der Waals surface area (Å²) in [4.78, 5) is 18.0. The molecule has 0 aliphatic rings. The molecule has 0 saturated heterocycles. The Labute approximate surface area is 208 Å². The molecule has 2 aromatic carbocycles. The summed E-state index contributed by atoms with van der Waals surface area (Å²) >= 11 is 0. The van der Waals surface area contributed by atoms with Crippen molar-refractivity contribution in [3.8, 4) is 5.75 Å². The smallest absolute Gasteiger partial charge is 0.252 e. The topological polar surface area (TPSA) is 109 Å². The van der Waals surface area contributed by atoms with Gasteiger partial charge in [0.15, 0.2) is 5.82 Å². The van der Waals surface area contributed by atoms with Crippen molar-refractivity contribution in [1.82, 2.24) is 30.1 Å². The van der Waals surface area contributed by atoms with Crippen molar-refractivity contribution < 1.29 is 14.2 Å². The lowest BCUT2D eigenvalue weighted by Gasteiger charge is -2.30. The Morgan fingerprint density at radius 1 is 1.17 bits per heavy atom. The van der Waals surface area contributed by atoms with Gasteiger partial charge in [-0.2, -0.15) is 0 Å². The number of aliphatic hydroxyl groups is 1. The molecule has 0 amide bonds. The Hall–Kier alpha value is -3.63. The number of pyridine rings is 1. The molecule has 36 heavy (non-hydrogen) atoms. The molecule has 2 aromatic heterocycles. The third kappa shape index (κ3) is 5.95. The van der Waals surface area contributed by atoms with E-state index in [9.17, 15) is 14.3 Å². The lowest BCUT2D eigenvalue weighted by Crippen LogP contribution is -2.34. The highest BCUT2D eigenvalue weighted by molar-refractivity contribution is 5.80. The number of halogens is 1. The molecule has 0 saturated carbocycles. The molecule has 0 aliphatic carbocycles. The summed E-state index contributed by atoms with van der Waals surface area (Å²) in [6, 6.07) is 13.5. The van der Waals surface area contributed by atoms with Crippen LogP contribution in [0.3, 0.4) is 0 Å². The van der Waals surface area contributed by atoms with Crippen LogP contribution in [0.4, 0.5) is 4.39 Å². The number of hydrogen-bond acceptors (Lipinski definition) is 7. The second kappa shape index (κ2) is 11.9. The van der Waals surface area contributed by atoms with Crippen LogP contribution in [0.1, 0.15) is 49.7 Å². The standard InChI is InChI=1S/C26H31FN6O3/c1-3-24(25-29-30-31-33(25)16-18-6-8-21(27)9-7-18)32(12-5-13-34)17-20-14-19-15-22(36-4-2)10-11-23(19)28-26(20)35/h6-11,14-15,24,34H,3-5,12-13,16-17H2,1-2H3,(H,28,35). The van der Waals surface area contributed by atoms with Gasteiger partial charge in [-0.25, -0.2) is 9.07 Å². The van der Waals surface area contributed by atoms with E-state index >= 15 is 0 Å². The number of H-pyrrole nitrogens is 1. The predicted molar refractivity (Wildman–Crippen MR) is 134 cm³/mol. The lowest BCUT2D eigenvalue weighted by atomic mass is 10.1. The summed E-state index contributed by atoms with van der Waals surface area (Å²) in [5, 5.41) is 22.8. The number of nitrogens with one attached hydrogen (secondary N) is 1. The number of rotatable bonds is 12. The van der Waals surface area contributed by atoms with E-state index < -0.39 is 0 Å². The van der Waals surface area contributed by atoms with E-state index in [1.807, 2.05) is 38.1 Å². The minimum Gasteiger partial charge on any atom is -0.494 e. The molecule has 9 nitrogen and oxygen atoms in total. The van der Waals surface area contributed by atoms with E-state index in [4.69, 9.17) is 4.74 Å². The highest BCUT2D eigenvalue weighted by atomic mass is 19.1. The maximum Gasteiger partial charge on any atom is 0.252 e. The Balaban J connectivity index is 1.64. The molecule has 0 spiro atoms. The zero-order valence-electron chi connectivity index (χ0n) is 20.5. The Kier molecular flexibility index (Phi) is 8.40. The molecule has 2 heterocycles. The molecule has 1 unspecified atom stereocenters. The van der Waals surface area contributed by atoms with Crippen molar-refractivity contribution >= 4 is 10.9 Å². The highest BCUT2D eigenvalue weighted by Gasteiger charge is 2.25. The van der Waals surface area contributed by atoms with E-state index in [-0.39, 0.29) is 24.0 Å². The van der Waals surface area contributed by atoms with E-state index in [1.165, 1.54) is 12.1 Å². The third-order valence-electron chi connectivity index (χ3n) is 6.11. The van der Waals surface area contributed by atoms with Crippen LogP contribution in [0.25, 0.3) is 10.9 Å². The summed E-state index contributed by atoms with van der Waals surface area (Å²) in [5.41, 5.74) is 2.05. The largest absolute Gasteiger partial charge is 0.494 e. The maximum absolute atomic E-state index is 13.3. The van der Waals surface area contributed by atoms with E-state index in [0.29, 0.717) is 50.5 Å². The van der Waals surface area contributed by atoms with Gasteiger partial charge in [0.1, 0.15) is 11.6 Å². The first-order valence-corrected chi connectivity index (χ1v) is 12.2. The summed E-state index contributed by atoms with van der Waals surface area (Å²) in [5.74, 6) is 1.09. The molecule has 4 aromatic rings. The SMILES string of the molecule is CCOc1ccc2[nH]c(=O)c(CN(CCCO)C(CC)c3nnnn3Cc3ccc(F)cc3)cc2c1. The first kappa shape index (κ1) is 25.5. The van der Waals surface area contributed by atoms with Gasteiger partial charge < -0.3 is 14.8 Å². The molecule has 0 bridgehead atoms. The maximum atomic E-state index is 13.3. The fourth-order valence-electron chi connectivity index (χ4n) is 4.37. The molecule has 0 fully saturated rings. The van der Waals surface area contributed by atoms with Crippen LogP contribution in [-0.2, 0) is 13.1 Å². The van der Waals surface area contributed by atoms with Crippen molar-refractivity contribution in [2.24, 2.45) is 0 Å². The van der Waals surface area contributed by atoms with Crippen molar-refractivity contribution in [2.75, 3.05) is 19.8 Å². The molecule has 1 atom stereocenters. The molecule has 0 radical (unpaired) electrons. The third-order valence-corrected chi connectivity index (χ3v) is 6.11. The Morgan fingerprint density at radius 2 is 1.97 bits per heavy atom. The molecular formula is C26H31FN6O3. The van der Waals surface area contributed by atoms with Gasteiger partial charge in [0.25, 0.3) is 5.56 Å². The number of benzene rings is 2. The first-order chi connectivity index (χ1) is 17.5. The highest BCUT2D eigenvalue weighted by Crippen LogP contribution is 2.26. The van der Waals surface area contributed by atoms with Crippen molar-refractivity contribution in [1.29, 1.82) is 0 Å². The molecule has 10 heteroatoms. The van der Waals surface area contributed by atoms with Gasteiger partial charge in [-0.05, 0) is 72.2 Å². The second-order valence-electron chi connectivity index (χ2n) is 8.60. The van der Waals surface area contributed by atoms with Gasteiger partial charge in [-0.1, -0.05) is 19.1 Å². The van der Waals surface area contributed by atoms with E-state index in [1.54, 1.807) is 16.8 Å². The summed E-state index contributed by atoms with van der Waals surface area (Å²) in [6.45, 7) is 5.84. The van der Waals surface area contributed by atoms with E-state index in [0.717, 1.165) is 22.2 Å². The number of aromatic amines is 1. The fraction of sp³-hybridized carbons (Fsp3) is 0.385. The van der Waals surface area contributed by atoms with Crippen LogP contribution in [0.5, 0.6) is 5.75 Å². The zero-order valence-corrected chi connectivity index (χ0v) is 20.5. The average molecular weight is 495 g/mol. The summed E-state index contributed by atoms with van der Waals surface area (Å²) in [7, 11) is 0. The number of aliphatic hydroxyl groups excluding tert-OH is 1. The number of tetrazole rings is 1. The van der Waals surface area contributed by atoms with Crippen LogP contribution in [0.15, 0.2) is 53.3 Å². The molecule has 190 valence electrons. The number of ether oxygens (including phenoxy) is 1. The normalized spacial score (nSPS) is 12.4. The van der Waals surface area contributed by atoms with Crippen molar-refractivity contribution in [3.63, 3.8) is 0 Å².